The SMILES string of the molecule is CCCCCCCCCCCCCCCCC(C[N+](C)(C)CC(=O)[O-])OC(=O)NC. The van der Waals surface area contributed by atoms with Gasteiger partial charge in [0.25, 0.3) is 0 Å². The van der Waals surface area contributed by atoms with Crippen LogP contribution in [-0.4, -0.2) is 56.9 Å². The molecule has 30 heavy (non-hydrogen) atoms. The summed E-state index contributed by atoms with van der Waals surface area (Å²) in [5.74, 6) is -1.09. The highest BCUT2D eigenvalue weighted by Crippen LogP contribution is 2.15. The third-order valence-electron chi connectivity index (χ3n) is 5.61. The van der Waals surface area contributed by atoms with E-state index in [-0.39, 0.29) is 17.1 Å². The first-order chi connectivity index (χ1) is 14.3. The molecule has 1 atom stereocenters. The van der Waals surface area contributed by atoms with E-state index in [4.69, 9.17) is 4.74 Å². The van der Waals surface area contributed by atoms with E-state index in [9.17, 15) is 14.7 Å². The number of hydrogen-bond donors (Lipinski definition) is 1. The van der Waals surface area contributed by atoms with Crippen molar-refractivity contribution in [3.63, 3.8) is 0 Å². The quantitative estimate of drug-likeness (QED) is 0.230. The maximum atomic E-state index is 11.6. The number of carboxylic acid groups (broad SMARTS) is 1. The number of aliphatic carboxylic acids is 1. The van der Waals surface area contributed by atoms with Crippen LogP contribution in [0, 0.1) is 0 Å². The molecule has 0 rings (SSSR count). The standard InChI is InChI=1S/C24H48N2O4/c1-5-6-7-8-9-10-11-12-13-14-15-16-17-18-19-22(30-24(29)25-2)20-26(3,4)21-23(27)28/h22H,5-21H2,1-4H3,(H-,25,27,28,29). The van der Waals surface area contributed by atoms with Crippen molar-refractivity contribution in [2.75, 3.05) is 34.2 Å². The molecule has 1 amide bonds. The zero-order chi connectivity index (χ0) is 22.7. The van der Waals surface area contributed by atoms with Crippen molar-refractivity contribution in [3.8, 4) is 0 Å². The van der Waals surface area contributed by atoms with Crippen LogP contribution < -0.4 is 10.4 Å². The molecule has 0 spiro atoms. The zero-order valence-electron chi connectivity index (χ0n) is 20.2. The van der Waals surface area contributed by atoms with Crippen LogP contribution in [-0.2, 0) is 9.53 Å². The van der Waals surface area contributed by atoms with E-state index in [1.54, 1.807) is 0 Å². The number of amides is 1. The van der Waals surface area contributed by atoms with E-state index in [0.29, 0.717) is 6.54 Å². The Morgan fingerprint density at radius 1 is 0.833 bits per heavy atom. The first kappa shape index (κ1) is 28.7. The molecule has 0 radical (unpaired) electrons. The van der Waals surface area contributed by atoms with Gasteiger partial charge < -0.3 is 24.4 Å². The highest BCUT2D eigenvalue weighted by Gasteiger charge is 2.25. The van der Waals surface area contributed by atoms with Gasteiger partial charge in [-0.15, -0.1) is 0 Å². The Kier molecular flexibility index (Phi) is 17.7. The third kappa shape index (κ3) is 18.7. The van der Waals surface area contributed by atoms with Gasteiger partial charge in [-0.05, 0) is 12.8 Å². The number of quaternary nitrogens is 1. The Hall–Kier alpha value is -1.30. The van der Waals surface area contributed by atoms with E-state index < -0.39 is 12.1 Å². The van der Waals surface area contributed by atoms with Crippen molar-refractivity contribution < 1.29 is 23.9 Å². The lowest BCUT2D eigenvalue weighted by Crippen LogP contribution is -2.52. The summed E-state index contributed by atoms with van der Waals surface area (Å²) in [6.07, 6.45) is 18.3. The highest BCUT2D eigenvalue weighted by atomic mass is 16.6. The number of carbonyl (C=O) groups excluding carboxylic acids is 2. The second-order valence-corrected chi connectivity index (χ2v) is 9.31. The number of alkyl carbamates (subject to hydrolysis) is 1. The molecule has 0 heterocycles. The number of carbonyl (C=O) groups is 2. The molecule has 0 fully saturated rings. The highest BCUT2D eigenvalue weighted by molar-refractivity contribution is 5.67. The van der Waals surface area contributed by atoms with Gasteiger partial charge >= 0.3 is 6.09 Å². The largest absolute Gasteiger partial charge is 0.544 e. The van der Waals surface area contributed by atoms with Crippen molar-refractivity contribution in [2.45, 2.75) is 109 Å². The predicted molar refractivity (Wildman–Crippen MR) is 121 cm³/mol. The van der Waals surface area contributed by atoms with Gasteiger partial charge in [0.15, 0.2) is 6.10 Å². The lowest BCUT2D eigenvalue weighted by atomic mass is 10.0. The number of carboxylic acids is 1. The van der Waals surface area contributed by atoms with Gasteiger partial charge in [-0.25, -0.2) is 4.79 Å². The van der Waals surface area contributed by atoms with E-state index >= 15 is 0 Å². The van der Waals surface area contributed by atoms with Crippen LogP contribution in [0.25, 0.3) is 0 Å². The van der Waals surface area contributed by atoms with Crippen LogP contribution in [0.3, 0.4) is 0 Å². The average molecular weight is 429 g/mol. The minimum atomic E-state index is -1.09. The van der Waals surface area contributed by atoms with Crippen molar-refractivity contribution in [1.82, 2.24) is 5.32 Å². The van der Waals surface area contributed by atoms with E-state index in [1.165, 1.54) is 84.1 Å². The first-order valence-corrected chi connectivity index (χ1v) is 12.2. The zero-order valence-corrected chi connectivity index (χ0v) is 20.2. The van der Waals surface area contributed by atoms with Gasteiger partial charge in [0.1, 0.15) is 13.1 Å². The molecule has 0 bridgehead atoms. The molecule has 6 nitrogen and oxygen atoms in total. The summed E-state index contributed by atoms with van der Waals surface area (Å²) in [7, 11) is 5.18. The number of rotatable bonds is 20. The minimum Gasteiger partial charge on any atom is -0.544 e. The third-order valence-corrected chi connectivity index (χ3v) is 5.61. The van der Waals surface area contributed by atoms with Crippen LogP contribution in [0.2, 0.25) is 0 Å². The molecule has 0 aromatic carbocycles. The molecule has 0 saturated carbocycles. The van der Waals surface area contributed by atoms with Crippen molar-refractivity contribution in [2.24, 2.45) is 0 Å². The van der Waals surface area contributed by atoms with Gasteiger partial charge in [-0.2, -0.15) is 0 Å². The van der Waals surface area contributed by atoms with Gasteiger partial charge in [0.05, 0.1) is 20.1 Å². The molecule has 0 saturated heterocycles. The number of nitrogens with zero attached hydrogens (tertiary/aromatic N) is 1. The number of hydrogen-bond acceptors (Lipinski definition) is 4. The number of unbranched alkanes of at least 4 members (excludes halogenated alkanes) is 13. The Bertz CT molecular complexity index is 441. The smallest absolute Gasteiger partial charge is 0.407 e. The van der Waals surface area contributed by atoms with Crippen molar-refractivity contribution in [3.05, 3.63) is 0 Å². The molecular weight excluding hydrogens is 380 g/mol. The Morgan fingerprint density at radius 2 is 1.27 bits per heavy atom. The molecule has 178 valence electrons. The molecule has 0 aliphatic rings. The van der Waals surface area contributed by atoms with Crippen molar-refractivity contribution >= 4 is 12.1 Å². The van der Waals surface area contributed by atoms with Gasteiger partial charge in [-0.3, -0.25) is 0 Å². The fourth-order valence-electron chi connectivity index (χ4n) is 3.93. The molecule has 1 unspecified atom stereocenters. The number of likely N-dealkylation sites (N-methyl/N-ethyl adjacent to an activating group) is 1. The fourth-order valence-corrected chi connectivity index (χ4v) is 3.93. The van der Waals surface area contributed by atoms with Crippen LogP contribution >= 0.6 is 0 Å². The monoisotopic (exact) mass is 428 g/mol. The average Bonchev–Trinajstić information content (AvgIpc) is 2.66. The Labute approximate surface area is 185 Å². The van der Waals surface area contributed by atoms with E-state index in [1.807, 2.05) is 14.1 Å². The summed E-state index contributed by atoms with van der Waals surface area (Å²) in [6.45, 7) is 2.64. The van der Waals surface area contributed by atoms with E-state index in [2.05, 4.69) is 12.2 Å². The minimum absolute atomic E-state index is 0.0909. The predicted octanol–water partition coefficient (Wildman–Crippen LogP) is 4.41. The summed E-state index contributed by atoms with van der Waals surface area (Å²) in [4.78, 5) is 22.5. The molecule has 0 aromatic heterocycles. The Balaban J connectivity index is 3.83. The number of nitrogens with one attached hydrogen (secondary N) is 1. The van der Waals surface area contributed by atoms with Crippen molar-refractivity contribution in [1.29, 1.82) is 0 Å². The maximum Gasteiger partial charge on any atom is 0.407 e. The van der Waals surface area contributed by atoms with Crippen LogP contribution in [0.5, 0.6) is 0 Å². The molecular formula is C24H48N2O4. The topological polar surface area (TPSA) is 78.5 Å². The second-order valence-electron chi connectivity index (χ2n) is 9.31. The maximum absolute atomic E-state index is 11.6. The fraction of sp³-hybridized carbons (Fsp3) is 0.917. The second kappa shape index (κ2) is 18.5. The van der Waals surface area contributed by atoms with Crippen LogP contribution in [0.15, 0.2) is 0 Å². The molecule has 0 aliphatic carbocycles. The van der Waals surface area contributed by atoms with Gasteiger partial charge in [-0.1, -0.05) is 90.4 Å². The van der Waals surface area contributed by atoms with Crippen LogP contribution in [0.1, 0.15) is 103 Å². The molecule has 1 N–H and O–H groups in total. The first-order valence-electron chi connectivity index (χ1n) is 12.2. The summed E-state index contributed by atoms with van der Waals surface area (Å²) >= 11 is 0. The van der Waals surface area contributed by atoms with Gasteiger partial charge in [0.2, 0.25) is 0 Å². The summed E-state index contributed by atoms with van der Waals surface area (Å²) in [5, 5.41) is 13.4. The normalized spacial score (nSPS) is 12.5. The number of ether oxygens (including phenoxy) is 1. The van der Waals surface area contributed by atoms with Crippen LogP contribution in [0.4, 0.5) is 4.79 Å². The molecule has 6 heteroatoms. The summed E-state index contributed by atoms with van der Waals surface area (Å²) in [5.41, 5.74) is 0. The molecule has 0 aliphatic heterocycles. The molecule has 0 aromatic rings. The van der Waals surface area contributed by atoms with Gasteiger partial charge in [0, 0.05) is 7.05 Å². The Morgan fingerprint density at radius 3 is 1.67 bits per heavy atom. The summed E-state index contributed by atoms with van der Waals surface area (Å²) in [6, 6.07) is 0. The lowest BCUT2D eigenvalue weighted by Gasteiger charge is -2.33. The lowest BCUT2D eigenvalue weighted by molar-refractivity contribution is -0.887. The van der Waals surface area contributed by atoms with E-state index in [0.717, 1.165) is 19.3 Å². The summed E-state index contributed by atoms with van der Waals surface area (Å²) < 4.78 is 5.69.